The van der Waals surface area contributed by atoms with Crippen LogP contribution in [0.3, 0.4) is 0 Å². The van der Waals surface area contributed by atoms with Crippen LogP contribution >= 0.6 is 0 Å². The number of nitrogens with zero attached hydrogens (tertiary/aromatic N) is 8. The summed E-state index contributed by atoms with van der Waals surface area (Å²) in [5.41, 5.74) is -0.422. The summed E-state index contributed by atoms with van der Waals surface area (Å²) < 4.78 is 7.59. The van der Waals surface area contributed by atoms with Crippen molar-refractivity contribution in [2.45, 2.75) is 72.4 Å². The standard InChI is InChI=1S/C9H16N4O2.C7H12N4O2/c1-5-15-7(14)6-13-8(9(2,3)4)10-11-12-13;1-7(2,3)6-8-9-10-11(6)4-5(12)13/h5-6H2,1-4H3;4H2,1-3H3,(H,12,13). The van der Waals surface area contributed by atoms with Gasteiger partial charge < -0.3 is 9.84 Å². The Hall–Kier alpha value is -2.92. The lowest BCUT2D eigenvalue weighted by molar-refractivity contribution is -0.144. The lowest BCUT2D eigenvalue weighted by atomic mass is 9.96. The second-order valence-corrected chi connectivity index (χ2v) is 8.02. The van der Waals surface area contributed by atoms with E-state index in [9.17, 15) is 9.59 Å². The zero-order chi connectivity index (χ0) is 21.5. The minimum Gasteiger partial charge on any atom is -0.480 e. The van der Waals surface area contributed by atoms with Crippen molar-refractivity contribution in [2.75, 3.05) is 6.61 Å². The first-order valence-corrected chi connectivity index (χ1v) is 8.77. The fourth-order valence-corrected chi connectivity index (χ4v) is 2.15. The van der Waals surface area contributed by atoms with E-state index in [1.807, 2.05) is 41.5 Å². The number of hydrogen-bond donors (Lipinski definition) is 1. The molecule has 2 heterocycles. The highest BCUT2D eigenvalue weighted by Gasteiger charge is 2.23. The van der Waals surface area contributed by atoms with Crippen molar-refractivity contribution < 1.29 is 19.4 Å². The van der Waals surface area contributed by atoms with Gasteiger partial charge in [-0.3, -0.25) is 9.59 Å². The fraction of sp³-hybridized carbons (Fsp3) is 0.750. The lowest BCUT2D eigenvalue weighted by Crippen LogP contribution is -2.23. The zero-order valence-corrected chi connectivity index (χ0v) is 17.4. The molecule has 0 bridgehead atoms. The summed E-state index contributed by atoms with van der Waals surface area (Å²) in [7, 11) is 0. The molecule has 28 heavy (non-hydrogen) atoms. The predicted molar refractivity (Wildman–Crippen MR) is 97.3 cm³/mol. The van der Waals surface area contributed by atoms with Gasteiger partial charge in [0.1, 0.15) is 13.1 Å². The maximum atomic E-state index is 11.3. The highest BCUT2D eigenvalue weighted by Crippen LogP contribution is 2.18. The molecule has 0 radical (unpaired) electrons. The number of carboxylic acid groups (broad SMARTS) is 1. The first-order chi connectivity index (χ1) is 12.9. The van der Waals surface area contributed by atoms with E-state index in [-0.39, 0.29) is 29.9 Å². The number of carbonyl (C=O) groups excluding carboxylic acids is 1. The van der Waals surface area contributed by atoms with Gasteiger partial charge in [-0.1, -0.05) is 41.5 Å². The fourth-order valence-electron chi connectivity index (χ4n) is 2.15. The number of aliphatic carboxylic acids is 1. The topological polar surface area (TPSA) is 151 Å². The van der Waals surface area contributed by atoms with Crippen LogP contribution in [0.1, 0.15) is 60.1 Å². The zero-order valence-electron chi connectivity index (χ0n) is 17.4. The Labute approximate surface area is 163 Å². The molecular formula is C16H28N8O4. The van der Waals surface area contributed by atoms with Crippen LogP contribution in [-0.2, 0) is 38.2 Å². The average Bonchev–Trinajstić information content (AvgIpc) is 3.15. The van der Waals surface area contributed by atoms with E-state index in [0.717, 1.165) is 0 Å². The van der Waals surface area contributed by atoms with Crippen molar-refractivity contribution in [2.24, 2.45) is 0 Å². The molecule has 0 aliphatic rings. The average molecular weight is 396 g/mol. The Morgan fingerprint density at radius 2 is 1.32 bits per heavy atom. The minimum atomic E-state index is -0.946. The van der Waals surface area contributed by atoms with E-state index >= 15 is 0 Å². The molecule has 2 aromatic heterocycles. The van der Waals surface area contributed by atoms with Gasteiger partial charge in [-0.05, 0) is 27.8 Å². The second-order valence-electron chi connectivity index (χ2n) is 8.02. The third-order valence-corrected chi connectivity index (χ3v) is 3.27. The molecule has 0 aliphatic heterocycles. The van der Waals surface area contributed by atoms with Crippen LogP contribution in [0.5, 0.6) is 0 Å². The summed E-state index contributed by atoms with van der Waals surface area (Å²) in [5, 5.41) is 30.6. The molecule has 0 atom stereocenters. The molecular weight excluding hydrogens is 368 g/mol. The summed E-state index contributed by atoms with van der Waals surface area (Å²) >= 11 is 0. The van der Waals surface area contributed by atoms with Crippen molar-refractivity contribution in [3.63, 3.8) is 0 Å². The molecule has 1 N–H and O–H groups in total. The molecule has 2 aromatic rings. The van der Waals surface area contributed by atoms with Crippen LogP contribution in [0.4, 0.5) is 0 Å². The molecule has 0 aliphatic carbocycles. The molecule has 12 nitrogen and oxygen atoms in total. The van der Waals surface area contributed by atoms with E-state index in [0.29, 0.717) is 18.3 Å². The predicted octanol–water partition coefficient (Wildman–Crippen LogP) is 0.589. The van der Waals surface area contributed by atoms with Gasteiger partial charge in [0.25, 0.3) is 0 Å². The number of ether oxygens (including phenoxy) is 1. The SMILES string of the molecule is CC(C)(C)c1nnnn1CC(=O)O.CCOC(=O)Cn1nnnc1C(C)(C)C. The Kier molecular flexibility index (Phi) is 7.70. The number of carbonyl (C=O) groups is 2. The monoisotopic (exact) mass is 396 g/mol. The quantitative estimate of drug-likeness (QED) is 0.711. The second kappa shape index (κ2) is 9.33. The van der Waals surface area contributed by atoms with E-state index in [4.69, 9.17) is 9.84 Å². The molecule has 0 aromatic carbocycles. The maximum absolute atomic E-state index is 11.3. The van der Waals surface area contributed by atoms with Crippen LogP contribution in [0.15, 0.2) is 0 Å². The van der Waals surface area contributed by atoms with E-state index in [1.54, 1.807) is 6.92 Å². The minimum absolute atomic E-state index is 0.0629. The third kappa shape index (κ3) is 7.00. The van der Waals surface area contributed by atoms with Gasteiger partial charge in [0.2, 0.25) is 0 Å². The first kappa shape index (κ1) is 23.1. The van der Waals surface area contributed by atoms with Gasteiger partial charge in [0.15, 0.2) is 11.6 Å². The molecule has 156 valence electrons. The summed E-state index contributed by atoms with van der Waals surface area (Å²) in [5.74, 6) is -0.0152. The normalized spacial score (nSPS) is 11.5. The molecule has 2 rings (SSSR count). The van der Waals surface area contributed by atoms with Crippen molar-refractivity contribution in [1.29, 1.82) is 0 Å². The lowest BCUT2D eigenvalue weighted by Gasteiger charge is -2.16. The Bertz CT molecular complexity index is 785. The van der Waals surface area contributed by atoms with Crippen molar-refractivity contribution >= 4 is 11.9 Å². The highest BCUT2D eigenvalue weighted by molar-refractivity contribution is 5.69. The molecule has 0 fully saturated rings. The van der Waals surface area contributed by atoms with Crippen LogP contribution in [0, 0.1) is 0 Å². The van der Waals surface area contributed by atoms with E-state index in [2.05, 4.69) is 31.1 Å². The van der Waals surface area contributed by atoms with Crippen molar-refractivity contribution in [3.05, 3.63) is 11.6 Å². The van der Waals surface area contributed by atoms with Crippen LogP contribution in [0.25, 0.3) is 0 Å². The van der Waals surface area contributed by atoms with Gasteiger partial charge in [0.05, 0.1) is 6.61 Å². The Balaban J connectivity index is 0.000000283. The van der Waals surface area contributed by atoms with Crippen LogP contribution in [-0.4, -0.2) is 64.1 Å². The van der Waals surface area contributed by atoms with Crippen molar-refractivity contribution in [3.8, 4) is 0 Å². The van der Waals surface area contributed by atoms with Gasteiger partial charge in [-0.2, -0.15) is 0 Å². The smallest absolute Gasteiger partial charge is 0.327 e. The molecule has 12 heteroatoms. The highest BCUT2D eigenvalue weighted by atomic mass is 16.5. The van der Waals surface area contributed by atoms with Gasteiger partial charge in [-0.25, -0.2) is 9.36 Å². The number of hydrogen-bond acceptors (Lipinski definition) is 9. The molecule has 0 saturated heterocycles. The van der Waals surface area contributed by atoms with Gasteiger partial charge in [-0.15, -0.1) is 10.2 Å². The largest absolute Gasteiger partial charge is 0.480 e. The number of aromatic nitrogens is 8. The Morgan fingerprint density at radius 1 is 0.893 bits per heavy atom. The summed E-state index contributed by atoms with van der Waals surface area (Å²) in [6.45, 7) is 13.7. The number of tetrazole rings is 2. The summed E-state index contributed by atoms with van der Waals surface area (Å²) in [4.78, 5) is 21.7. The first-order valence-electron chi connectivity index (χ1n) is 8.77. The number of carboxylic acids is 1. The van der Waals surface area contributed by atoms with Crippen molar-refractivity contribution in [1.82, 2.24) is 40.4 Å². The summed E-state index contributed by atoms with van der Waals surface area (Å²) in [6, 6.07) is 0. The van der Waals surface area contributed by atoms with Gasteiger partial charge >= 0.3 is 11.9 Å². The molecule has 0 spiro atoms. The number of rotatable bonds is 5. The maximum Gasteiger partial charge on any atom is 0.327 e. The van der Waals surface area contributed by atoms with E-state index < -0.39 is 5.97 Å². The molecule has 0 unspecified atom stereocenters. The Morgan fingerprint density at radius 3 is 1.68 bits per heavy atom. The third-order valence-electron chi connectivity index (χ3n) is 3.27. The van der Waals surface area contributed by atoms with E-state index in [1.165, 1.54) is 9.36 Å². The van der Waals surface area contributed by atoms with Crippen LogP contribution in [0.2, 0.25) is 0 Å². The summed E-state index contributed by atoms with van der Waals surface area (Å²) in [6.07, 6.45) is 0. The molecule has 0 amide bonds. The van der Waals surface area contributed by atoms with Crippen LogP contribution < -0.4 is 0 Å². The van der Waals surface area contributed by atoms with Gasteiger partial charge in [0, 0.05) is 10.8 Å². The molecule has 0 saturated carbocycles. The number of esters is 1.